The van der Waals surface area contributed by atoms with Crippen LogP contribution in [0, 0.1) is 12.7 Å². The molecule has 0 amide bonds. The second-order valence-corrected chi connectivity index (χ2v) is 6.61. The molecule has 26 heavy (non-hydrogen) atoms. The summed E-state index contributed by atoms with van der Waals surface area (Å²) in [6.45, 7) is 1.89. The van der Waals surface area contributed by atoms with Gasteiger partial charge in [0.25, 0.3) is 0 Å². The third-order valence-electron chi connectivity index (χ3n) is 3.94. The Morgan fingerprint density at radius 3 is 2.69 bits per heavy atom. The van der Waals surface area contributed by atoms with Crippen molar-refractivity contribution in [1.82, 2.24) is 19.7 Å². The molecule has 0 aliphatic carbocycles. The molecule has 3 aromatic heterocycles. The minimum absolute atomic E-state index is 0.282. The second-order valence-electron chi connectivity index (χ2n) is 5.67. The van der Waals surface area contributed by atoms with Crippen molar-refractivity contribution in [2.45, 2.75) is 17.8 Å². The summed E-state index contributed by atoms with van der Waals surface area (Å²) in [6, 6.07) is 7.98. The van der Waals surface area contributed by atoms with Crippen molar-refractivity contribution in [3.05, 3.63) is 60.3 Å². The van der Waals surface area contributed by atoms with Crippen molar-refractivity contribution in [2.75, 3.05) is 0 Å². The molecular formula is C18H15FN4O2S. The van der Waals surface area contributed by atoms with Gasteiger partial charge in [-0.2, -0.15) is 0 Å². The van der Waals surface area contributed by atoms with Gasteiger partial charge in [-0.25, -0.2) is 9.37 Å². The zero-order chi connectivity index (χ0) is 18.1. The van der Waals surface area contributed by atoms with Crippen molar-refractivity contribution in [3.63, 3.8) is 0 Å². The van der Waals surface area contributed by atoms with Crippen LogP contribution in [-0.4, -0.2) is 19.7 Å². The van der Waals surface area contributed by atoms with Gasteiger partial charge in [-0.3, -0.25) is 0 Å². The molecule has 0 fully saturated rings. The summed E-state index contributed by atoms with van der Waals surface area (Å²) in [6.07, 6.45) is 3.27. The third kappa shape index (κ3) is 3.15. The Balaban J connectivity index is 1.48. The van der Waals surface area contributed by atoms with Crippen LogP contribution in [0.4, 0.5) is 4.39 Å². The lowest BCUT2D eigenvalue weighted by Crippen LogP contribution is -1.95. The number of nitrogens with zero attached hydrogens (tertiary/aromatic N) is 4. The standard InChI is InChI=1S/C18H15FN4O2S/c1-11-14(7-8-24-11)17-21-22-18(23(17)2)26-10-16-20-9-15(25-16)12-3-5-13(19)6-4-12/h3-9H,10H2,1-2H3. The fourth-order valence-corrected chi connectivity index (χ4v) is 3.31. The average Bonchev–Trinajstić information content (AvgIpc) is 3.35. The van der Waals surface area contributed by atoms with E-state index < -0.39 is 0 Å². The van der Waals surface area contributed by atoms with Crippen LogP contribution in [0.25, 0.3) is 22.7 Å². The van der Waals surface area contributed by atoms with Gasteiger partial charge in [0, 0.05) is 12.6 Å². The first-order valence-electron chi connectivity index (χ1n) is 7.89. The van der Waals surface area contributed by atoms with Gasteiger partial charge >= 0.3 is 0 Å². The maximum absolute atomic E-state index is 13.0. The van der Waals surface area contributed by atoms with E-state index >= 15 is 0 Å². The van der Waals surface area contributed by atoms with Crippen LogP contribution in [0.15, 0.2) is 56.8 Å². The molecule has 0 unspecified atom stereocenters. The highest BCUT2D eigenvalue weighted by Crippen LogP contribution is 2.28. The second kappa shape index (κ2) is 6.80. The Bertz CT molecular complexity index is 1040. The van der Waals surface area contributed by atoms with E-state index in [0.29, 0.717) is 17.4 Å². The number of aryl methyl sites for hydroxylation is 1. The van der Waals surface area contributed by atoms with Crippen LogP contribution in [-0.2, 0) is 12.8 Å². The molecule has 0 spiro atoms. The Hall–Kier alpha value is -2.87. The van der Waals surface area contributed by atoms with E-state index in [1.54, 1.807) is 24.6 Å². The fraction of sp³-hybridized carbons (Fsp3) is 0.167. The van der Waals surface area contributed by atoms with Crippen LogP contribution in [0.2, 0.25) is 0 Å². The van der Waals surface area contributed by atoms with Crippen molar-refractivity contribution in [1.29, 1.82) is 0 Å². The lowest BCUT2D eigenvalue weighted by molar-refractivity contribution is 0.529. The smallest absolute Gasteiger partial charge is 0.205 e. The summed E-state index contributed by atoms with van der Waals surface area (Å²) in [7, 11) is 1.91. The van der Waals surface area contributed by atoms with E-state index in [1.165, 1.54) is 23.9 Å². The Morgan fingerprint density at radius 1 is 1.15 bits per heavy atom. The van der Waals surface area contributed by atoms with Gasteiger partial charge in [0.15, 0.2) is 16.7 Å². The van der Waals surface area contributed by atoms with Crippen molar-refractivity contribution < 1.29 is 13.2 Å². The van der Waals surface area contributed by atoms with Gasteiger partial charge in [-0.05, 0) is 37.3 Å². The zero-order valence-corrected chi connectivity index (χ0v) is 15.0. The van der Waals surface area contributed by atoms with E-state index in [0.717, 1.165) is 27.9 Å². The number of hydrogen-bond donors (Lipinski definition) is 0. The van der Waals surface area contributed by atoms with Gasteiger partial charge in [-0.15, -0.1) is 10.2 Å². The van der Waals surface area contributed by atoms with Crippen molar-refractivity contribution >= 4 is 11.8 Å². The summed E-state index contributed by atoms with van der Waals surface area (Å²) in [5, 5.41) is 9.22. The number of benzene rings is 1. The number of hydrogen-bond acceptors (Lipinski definition) is 6. The summed E-state index contributed by atoms with van der Waals surface area (Å²) in [5.74, 6) is 2.95. The molecule has 0 N–H and O–H groups in total. The monoisotopic (exact) mass is 370 g/mol. The van der Waals surface area contributed by atoms with Crippen LogP contribution >= 0.6 is 11.8 Å². The van der Waals surface area contributed by atoms with Gasteiger partial charge < -0.3 is 13.4 Å². The summed E-state index contributed by atoms with van der Waals surface area (Å²) in [5.41, 5.74) is 1.70. The highest BCUT2D eigenvalue weighted by Gasteiger charge is 2.16. The number of aromatic nitrogens is 4. The molecule has 132 valence electrons. The molecule has 0 radical (unpaired) electrons. The quantitative estimate of drug-likeness (QED) is 0.483. The van der Waals surface area contributed by atoms with Gasteiger partial charge in [0.1, 0.15) is 11.6 Å². The minimum Gasteiger partial charge on any atom is -0.469 e. The molecule has 6 nitrogen and oxygen atoms in total. The first kappa shape index (κ1) is 16.6. The molecule has 0 saturated heterocycles. The Morgan fingerprint density at radius 2 is 1.96 bits per heavy atom. The van der Waals surface area contributed by atoms with E-state index in [9.17, 15) is 4.39 Å². The predicted octanol–water partition coefficient (Wildman–Crippen LogP) is 4.47. The number of halogens is 1. The lowest BCUT2D eigenvalue weighted by atomic mass is 10.2. The average molecular weight is 370 g/mol. The number of furan rings is 1. The normalized spacial score (nSPS) is 11.2. The first-order chi connectivity index (χ1) is 12.6. The molecule has 0 saturated carbocycles. The molecule has 4 rings (SSSR count). The fourth-order valence-electron chi connectivity index (χ4n) is 2.54. The van der Waals surface area contributed by atoms with E-state index in [-0.39, 0.29) is 5.82 Å². The van der Waals surface area contributed by atoms with Crippen LogP contribution in [0.1, 0.15) is 11.7 Å². The number of thioether (sulfide) groups is 1. The third-order valence-corrected chi connectivity index (χ3v) is 4.95. The van der Waals surface area contributed by atoms with E-state index in [4.69, 9.17) is 8.83 Å². The molecule has 0 aliphatic heterocycles. The van der Waals surface area contributed by atoms with Crippen molar-refractivity contribution in [2.24, 2.45) is 7.05 Å². The molecule has 8 heteroatoms. The Labute approximate surface area is 153 Å². The van der Waals surface area contributed by atoms with Crippen LogP contribution in [0.5, 0.6) is 0 Å². The first-order valence-corrected chi connectivity index (χ1v) is 8.87. The molecular weight excluding hydrogens is 355 g/mol. The van der Waals surface area contributed by atoms with E-state index in [2.05, 4.69) is 15.2 Å². The number of rotatable bonds is 5. The highest BCUT2D eigenvalue weighted by atomic mass is 32.2. The molecule has 0 bridgehead atoms. The lowest BCUT2D eigenvalue weighted by Gasteiger charge is -2.02. The molecule has 4 aromatic rings. The summed E-state index contributed by atoms with van der Waals surface area (Å²) >= 11 is 1.48. The zero-order valence-electron chi connectivity index (χ0n) is 14.1. The molecule has 1 aromatic carbocycles. The largest absolute Gasteiger partial charge is 0.469 e. The summed E-state index contributed by atoms with van der Waals surface area (Å²) < 4.78 is 26.0. The van der Waals surface area contributed by atoms with Gasteiger partial charge in [0.05, 0.1) is 23.8 Å². The van der Waals surface area contributed by atoms with Gasteiger partial charge in [0.2, 0.25) is 5.89 Å². The predicted molar refractivity (Wildman–Crippen MR) is 94.9 cm³/mol. The number of oxazole rings is 1. The van der Waals surface area contributed by atoms with Crippen LogP contribution in [0.3, 0.4) is 0 Å². The maximum atomic E-state index is 13.0. The highest BCUT2D eigenvalue weighted by molar-refractivity contribution is 7.98. The topological polar surface area (TPSA) is 69.9 Å². The summed E-state index contributed by atoms with van der Waals surface area (Å²) in [4.78, 5) is 4.28. The van der Waals surface area contributed by atoms with E-state index in [1.807, 2.05) is 24.6 Å². The minimum atomic E-state index is -0.282. The SMILES string of the molecule is Cc1occc1-c1nnc(SCc2ncc(-c3ccc(F)cc3)o2)n1C. The van der Waals surface area contributed by atoms with Crippen molar-refractivity contribution in [3.8, 4) is 22.7 Å². The Kier molecular flexibility index (Phi) is 4.34. The van der Waals surface area contributed by atoms with Crippen LogP contribution < -0.4 is 0 Å². The molecule has 3 heterocycles. The van der Waals surface area contributed by atoms with Gasteiger partial charge in [-0.1, -0.05) is 11.8 Å². The maximum Gasteiger partial charge on any atom is 0.205 e. The molecule has 0 aliphatic rings. The molecule has 0 atom stereocenters.